The Labute approximate surface area is 244 Å². The van der Waals surface area contributed by atoms with Gasteiger partial charge in [-0.1, -0.05) is 72.8 Å². The lowest BCUT2D eigenvalue weighted by atomic mass is 9.93. The molecule has 0 spiro atoms. The van der Waals surface area contributed by atoms with Gasteiger partial charge in [0.05, 0.1) is 12.1 Å². The molecule has 1 heterocycles. The lowest BCUT2D eigenvalue weighted by Crippen LogP contribution is -2.35. The molecule has 0 fully saturated rings. The Balaban J connectivity index is 1.49. The molecule has 2 amide bonds. The van der Waals surface area contributed by atoms with Gasteiger partial charge in [-0.3, -0.25) is 19.4 Å². The average Bonchev–Trinajstić information content (AvgIpc) is 3.04. The molecule has 0 aliphatic carbocycles. The third-order valence-corrected chi connectivity index (χ3v) is 7.34. The summed E-state index contributed by atoms with van der Waals surface area (Å²) in [4.78, 5) is 46.6. The number of nitrogens with zero attached hydrogens (tertiary/aromatic N) is 3. The molecule has 5 aromatic rings. The molecule has 7 heteroatoms. The largest absolute Gasteiger partial charge is 0.481 e. The zero-order valence-electron chi connectivity index (χ0n) is 23.3. The molecular formula is C35H31N3O4. The fourth-order valence-electron chi connectivity index (χ4n) is 5.13. The van der Waals surface area contributed by atoms with Crippen LogP contribution < -0.4 is 4.90 Å². The van der Waals surface area contributed by atoms with Gasteiger partial charge in [0.2, 0.25) is 0 Å². The van der Waals surface area contributed by atoms with E-state index in [-0.39, 0.29) is 24.8 Å². The van der Waals surface area contributed by atoms with Crippen LogP contribution in [0.15, 0.2) is 116 Å². The first-order valence-corrected chi connectivity index (χ1v) is 13.8. The SMILES string of the molecule is CN(C(=O)c1ccccc1-c1ccccc1C(=O)N(CCC(=O)O)CCc1ccncc1)c1cccc2ccccc12. The summed E-state index contributed by atoms with van der Waals surface area (Å²) in [5.41, 5.74) is 3.90. The van der Waals surface area contributed by atoms with Crippen molar-refractivity contribution in [2.24, 2.45) is 0 Å². The molecule has 0 atom stereocenters. The number of hydrogen-bond donors (Lipinski definition) is 1. The van der Waals surface area contributed by atoms with Crippen molar-refractivity contribution in [1.29, 1.82) is 0 Å². The zero-order valence-corrected chi connectivity index (χ0v) is 23.3. The number of carbonyl (C=O) groups excluding carboxylic acids is 2. The van der Waals surface area contributed by atoms with Gasteiger partial charge in [-0.2, -0.15) is 0 Å². The minimum atomic E-state index is -0.975. The number of anilines is 1. The van der Waals surface area contributed by atoms with Crippen molar-refractivity contribution in [3.63, 3.8) is 0 Å². The van der Waals surface area contributed by atoms with E-state index in [0.717, 1.165) is 22.0 Å². The second-order valence-electron chi connectivity index (χ2n) is 10.00. The third-order valence-electron chi connectivity index (χ3n) is 7.34. The summed E-state index contributed by atoms with van der Waals surface area (Å²) in [5, 5.41) is 11.4. The number of benzene rings is 4. The summed E-state index contributed by atoms with van der Waals surface area (Å²) < 4.78 is 0. The van der Waals surface area contributed by atoms with Crippen molar-refractivity contribution in [3.8, 4) is 11.1 Å². The van der Waals surface area contributed by atoms with Crippen LogP contribution in [0.5, 0.6) is 0 Å². The topological polar surface area (TPSA) is 90.8 Å². The van der Waals surface area contributed by atoms with Gasteiger partial charge < -0.3 is 14.9 Å². The number of rotatable bonds is 10. The lowest BCUT2D eigenvalue weighted by Gasteiger charge is -2.25. The standard InChI is InChI=1S/C35H31N3O4/c1-37(32-16-8-10-26-9-2-3-11-27(26)32)34(41)30-14-6-4-12-28(30)29-13-5-7-15-31(29)35(42)38(24-20-33(39)40)23-19-25-17-21-36-22-18-25/h2-18,21-22H,19-20,23-24H2,1H3,(H,39,40). The second-order valence-corrected chi connectivity index (χ2v) is 10.00. The van der Waals surface area contributed by atoms with E-state index in [1.165, 1.54) is 0 Å². The highest BCUT2D eigenvalue weighted by Gasteiger charge is 2.24. The van der Waals surface area contributed by atoms with E-state index in [4.69, 9.17) is 0 Å². The van der Waals surface area contributed by atoms with Gasteiger partial charge in [-0.25, -0.2) is 0 Å². The summed E-state index contributed by atoms with van der Waals surface area (Å²) in [6, 6.07) is 32.0. The van der Waals surface area contributed by atoms with Crippen molar-refractivity contribution in [1.82, 2.24) is 9.88 Å². The number of aromatic nitrogens is 1. The molecule has 0 radical (unpaired) electrons. The smallest absolute Gasteiger partial charge is 0.305 e. The maximum atomic E-state index is 14.0. The number of amides is 2. The first kappa shape index (κ1) is 28.2. The van der Waals surface area contributed by atoms with Gasteiger partial charge in [0.25, 0.3) is 11.8 Å². The molecule has 7 nitrogen and oxygen atoms in total. The highest BCUT2D eigenvalue weighted by atomic mass is 16.4. The molecule has 210 valence electrons. The van der Waals surface area contributed by atoms with Gasteiger partial charge in [0.15, 0.2) is 0 Å². The van der Waals surface area contributed by atoms with Crippen LogP contribution in [0.1, 0.15) is 32.7 Å². The molecule has 0 unspecified atom stereocenters. The number of pyridine rings is 1. The molecule has 0 saturated heterocycles. The van der Waals surface area contributed by atoms with E-state index in [0.29, 0.717) is 35.2 Å². The zero-order chi connectivity index (χ0) is 29.5. The van der Waals surface area contributed by atoms with Crippen LogP contribution in [0.3, 0.4) is 0 Å². The Morgan fingerprint density at radius 3 is 1.98 bits per heavy atom. The summed E-state index contributed by atoms with van der Waals surface area (Å²) in [5.74, 6) is -1.47. The normalized spacial score (nSPS) is 10.8. The summed E-state index contributed by atoms with van der Waals surface area (Å²) >= 11 is 0. The van der Waals surface area contributed by atoms with Crippen molar-refractivity contribution in [2.45, 2.75) is 12.8 Å². The van der Waals surface area contributed by atoms with Crippen molar-refractivity contribution >= 4 is 34.2 Å². The molecule has 4 aromatic carbocycles. The molecule has 5 rings (SSSR count). The van der Waals surface area contributed by atoms with Gasteiger partial charge >= 0.3 is 5.97 Å². The van der Waals surface area contributed by atoms with E-state index >= 15 is 0 Å². The molecule has 1 aromatic heterocycles. The average molecular weight is 558 g/mol. The van der Waals surface area contributed by atoms with Gasteiger partial charge in [-0.15, -0.1) is 0 Å². The summed E-state index contributed by atoms with van der Waals surface area (Å²) in [6.07, 6.45) is 3.77. The molecule has 42 heavy (non-hydrogen) atoms. The first-order valence-electron chi connectivity index (χ1n) is 13.8. The molecule has 0 bridgehead atoms. The highest BCUT2D eigenvalue weighted by Crippen LogP contribution is 2.32. The fraction of sp³-hybridized carbons (Fsp3) is 0.143. The molecule has 1 N–H and O–H groups in total. The Morgan fingerprint density at radius 2 is 1.29 bits per heavy atom. The Hall–Kier alpha value is -5.30. The van der Waals surface area contributed by atoms with Gasteiger partial charge in [0, 0.05) is 49.0 Å². The molecule has 0 saturated carbocycles. The highest BCUT2D eigenvalue weighted by molar-refractivity contribution is 6.14. The second kappa shape index (κ2) is 12.9. The van der Waals surface area contributed by atoms with Crippen LogP contribution in [0.4, 0.5) is 5.69 Å². The Bertz CT molecular complexity index is 1730. The van der Waals surface area contributed by atoms with Crippen LogP contribution in [0.2, 0.25) is 0 Å². The number of carbonyl (C=O) groups is 3. The van der Waals surface area contributed by atoms with E-state index in [1.807, 2.05) is 84.9 Å². The number of hydrogen-bond acceptors (Lipinski definition) is 4. The Morgan fingerprint density at radius 1 is 0.690 bits per heavy atom. The number of carboxylic acids is 1. The van der Waals surface area contributed by atoms with Crippen LogP contribution in [-0.4, -0.2) is 52.9 Å². The number of fused-ring (bicyclic) bond motifs is 1. The third kappa shape index (κ3) is 6.20. The van der Waals surface area contributed by atoms with Gasteiger partial charge in [-0.05, 0) is 58.8 Å². The first-order chi connectivity index (χ1) is 20.4. The Kier molecular flexibility index (Phi) is 8.68. The fourth-order valence-corrected chi connectivity index (χ4v) is 5.13. The summed E-state index contributed by atoms with van der Waals surface area (Å²) in [6.45, 7) is 0.410. The van der Waals surface area contributed by atoms with Crippen LogP contribution in [0.25, 0.3) is 21.9 Å². The van der Waals surface area contributed by atoms with E-state index in [2.05, 4.69) is 4.98 Å². The minimum Gasteiger partial charge on any atom is -0.481 e. The van der Waals surface area contributed by atoms with E-state index in [9.17, 15) is 19.5 Å². The quantitative estimate of drug-likeness (QED) is 0.216. The van der Waals surface area contributed by atoms with E-state index in [1.54, 1.807) is 47.4 Å². The van der Waals surface area contributed by atoms with Crippen LogP contribution in [0, 0.1) is 0 Å². The van der Waals surface area contributed by atoms with Crippen molar-refractivity contribution < 1.29 is 19.5 Å². The maximum absolute atomic E-state index is 14.0. The van der Waals surface area contributed by atoms with Crippen molar-refractivity contribution in [2.75, 3.05) is 25.0 Å². The molecule has 0 aliphatic heterocycles. The van der Waals surface area contributed by atoms with Crippen LogP contribution >= 0.6 is 0 Å². The number of aliphatic carboxylic acids is 1. The van der Waals surface area contributed by atoms with Gasteiger partial charge in [0.1, 0.15) is 0 Å². The predicted molar refractivity (Wildman–Crippen MR) is 165 cm³/mol. The summed E-state index contributed by atoms with van der Waals surface area (Å²) in [7, 11) is 1.75. The molecular weight excluding hydrogens is 526 g/mol. The monoisotopic (exact) mass is 557 g/mol. The predicted octanol–water partition coefficient (Wildman–Crippen LogP) is 6.34. The lowest BCUT2D eigenvalue weighted by molar-refractivity contribution is -0.137. The van der Waals surface area contributed by atoms with Crippen LogP contribution in [-0.2, 0) is 11.2 Å². The number of carboxylic acid groups (broad SMARTS) is 1. The van der Waals surface area contributed by atoms with E-state index < -0.39 is 5.97 Å². The molecule has 0 aliphatic rings. The van der Waals surface area contributed by atoms with Crippen molar-refractivity contribution in [3.05, 3.63) is 132 Å². The maximum Gasteiger partial charge on any atom is 0.305 e. The minimum absolute atomic E-state index is 0.0674.